The smallest absolute Gasteiger partial charge is 0.274 e. The van der Waals surface area contributed by atoms with Gasteiger partial charge in [0.1, 0.15) is 29.2 Å². The zero-order valence-corrected chi connectivity index (χ0v) is 25.7. The van der Waals surface area contributed by atoms with Gasteiger partial charge in [-0.3, -0.25) is 19.2 Å². The van der Waals surface area contributed by atoms with Gasteiger partial charge in [0, 0.05) is 36.9 Å². The van der Waals surface area contributed by atoms with Gasteiger partial charge in [-0.05, 0) is 80.5 Å². The summed E-state index contributed by atoms with van der Waals surface area (Å²) in [5.74, 6) is -2.63. The summed E-state index contributed by atoms with van der Waals surface area (Å²) in [6.07, 6.45) is 2.03. The van der Waals surface area contributed by atoms with Crippen LogP contribution >= 0.6 is 0 Å². The lowest BCUT2D eigenvalue weighted by Gasteiger charge is -2.32. The van der Waals surface area contributed by atoms with Crippen molar-refractivity contribution in [3.63, 3.8) is 0 Å². The summed E-state index contributed by atoms with van der Waals surface area (Å²) in [5, 5.41) is 5.85. The van der Waals surface area contributed by atoms with Gasteiger partial charge >= 0.3 is 0 Å². The number of halogens is 2. The van der Waals surface area contributed by atoms with Crippen LogP contribution in [0.4, 0.5) is 8.78 Å². The van der Waals surface area contributed by atoms with Crippen LogP contribution < -0.4 is 10.6 Å². The summed E-state index contributed by atoms with van der Waals surface area (Å²) >= 11 is 0. The van der Waals surface area contributed by atoms with Crippen molar-refractivity contribution in [1.29, 1.82) is 0 Å². The Bertz CT molecular complexity index is 1590. The molecular weight excluding hydrogens is 582 g/mol. The monoisotopic (exact) mass is 620 g/mol. The second-order valence-corrected chi connectivity index (χ2v) is 12.0. The predicted octanol–water partition coefficient (Wildman–Crippen LogP) is 3.61. The lowest BCUT2D eigenvalue weighted by atomic mass is 10.0. The van der Waals surface area contributed by atoms with E-state index < -0.39 is 41.4 Å². The number of benzene rings is 2. The largest absolute Gasteiger partial charge is 0.355 e. The molecule has 0 spiro atoms. The van der Waals surface area contributed by atoms with E-state index in [2.05, 4.69) is 20.6 Å². The van der Waals surface area contributed by atoms with Gasteiger partial charge in [0.2, 0.25) is 11.8 Å². The number of imidazole rings is 1. The first kappa shape index (κ1) is 31.8. The number of amides is 4. The third-order valence-electron chi connectivity index (χ3n) is 8.42. The minimum atomic E-state index is -0.795. The molecule has 3 heterocycles. The summed E-state index contributed by atoms with van der Waals surface area (Å²) in [4.78, 5) is 64.6. The molecule has 2 aromatic carbocycles. The highest BCUT2D eigenvalue weighted by Gasteiger charge is 2.37. The van der Waals surface area contributed by atoms with E-state index >= 15 is 0 Å². The molecule has 1 aromatic heterocycles. The van der Waals surface area contributed by atoms with Gasteiger partial charge in [-0.2, -0.15) is 0 Å². The second-order valence-electron chi connectivity index (χ2n) is 12.0. The standard InChI is InChI=1S/C33H38F2N6O4/c1-19(2)26-17-40(33(45)29-20(3)37-30(39-29)22-9-11-23(34)12-10-22)18-28(42)36-14-4-6-21-8-13-25(35)24(16-21)32(44)41-15-5-7-27(41)31(43)38-26/h8-13,16,19,26-27H,4-7,14-15,17-18H2,1-3H3,(H,36,42)(H,37,39)(H,38,43)/t26-,27-/m0/s1. The Hall–Kier alpha value is -4.61. The number of H-pyrrole nitrogens is 1. The first-order chi connectivity index (χ1) is 21.5. The van der Waals surface area contributed by atoms with Crippen LogP contribution in [0.3, 0.4) is 0 Å². The number of aryl methyl sites for hydroxylation is 2. The molecule has 0 aliphatic carbocycles. The fraction of sp³-hybridized carbons (Fsp3) is 0.424. The van der Waals surface area contributed by atoms with E-state index in [0.717, 1.165) is 5.56 Å². The van der Waals surface area contributed by atoms with E-state index in [1.165, 1.54) is 34.1 Å². The SMILES string of the molecule is Cc1[nH]c(-c2ccc(F)cc2)nc1C(=O)N1CC(=O)NCCCc2ccc(F)c(c2)C(=O)N2CCC[C@H]2C(=O)N[C@H](C(C)C)C1. The van der Waals surface area contributed by atoms with Crippen molar-refractivity contribution >= 4 is 23.6 Å². The maximum Gasteiger partial charge on any atom is 0.274 e. The molecule has 45 heavy (non-hydrogen) atoms. The highest BCUT2D eigenvalue weighted by atomic mass is 19.1. The van der Waals surface area contributed by atoms with Crippen molar-refractivity contribution < 1.29 is 28.0 Å². The number of aromatic nitrogens is 2. The molecule has 3 N–H and O–H groups in total. The lowest BCUT2D eigenvalue weighted by molar-refractivity contribution is -0.126. The second kappa shape index (κ2) is 13.6. The van der Waals surface area contributed by atoms with Crippen LogP contribution in [0.5, 0.6) is 0 Å². The van der Waals surface area contributed by atoms with Crippen molar-refractivity contribution in [3.05, 3.63) is 76.6 Å². The van der Waals surface area contributed by atoms with Crippen molar-refractivity contribution in [2.45, 2.75) is 58.5 Å². The van der Waals surface area contributed by atoms with E-state index in [1.54, 1.807) is 25.1 Å². The summed E-state index contributed by atoms with van der Waals surface area (Å²) < 4.78 is 28.3. The van der Waals surface area contributed by atoms with Gasteiger partial charge in [-0.15, -0.1) is 0 Å². The topological polar surface area (TPSA) is 128 Å². The fourth-order valence-electron chi connectivity index (χ4n) is 5.80. The van der Waals surface area contributed by atoms with E-state index in [4.69, 9.17) is 0 Å². The number of nitrogens with one attached hydrogen (secondary N) is 3. The van der Waals surface area contributed by atoms with Crippen LogP contribution in [0.1, 0.15) is 65.2 Å². The average Bonchev–Trinajstić information content (AvgIpc) is 3.66. The van der Waals surface area contributed by atoms with Gasteiger partial charge < -0.3 is 25.4 Å². The van der Waals surface area contributed by atoms with Gasteiger partial charge in [-0.25, -0.2) is 13.8 Å². The fourth-order valence-corrected chi connectivity index (χ4v) is 5.80. The highest BCUT2D eigenvalue weighted by molar-refractivity contribution is 5.99. The lowest BCUT2D eigenvalue weighted by Crippen LogP contribution is -2.55. The quantitative estimate of drug-likeness (QED) is 0.413. The number of carbonyl (C=O) groups is 4. The summed E-state index contributed by atoms with van der Waals surface area (Å²) in [6, 6.07) is 8.73. The molecule has 2 aliphatic rings. The van der Waals surface area contributed by atoms with Crippen LogP contribution in [-0.2, 0) is 16.0 Å². The minimum absolute atomic E-state index is 0.00388. The number of fused-ring (bicyclic) bond motifs is 3. The van der Waals surface area contributed by atoms with Gasteiger partial charge in [0.15, 0.2) is 0 Å². The van der Waals surface area contributed by atoms with Crippen molar-refractivity contribution in [2.24, 2.45) is 5.92 Å². The molecule has 2 bridgehead atoms. The number of nitrogens with zero attached hydrogens (tertiary/aromatic N) is 3. The van der Waals surface area contributed by atoms with E-state index in [1.807, 2.05) is 13.8 Å². The van der Waals surface area contributed by atoms with Crippen molar-refractivity contribution in [1.82, 2.24) is 30.4 Å². The average molecular weight is 621 g/mol. The third kappa shape index (κ3) is 7.21. The molecule has 0 saturated carbocycles. The van der Waals surface area contributed by atoms with Crippen molar-refractivity contribution in [3.8, 4) is 11.4 Å². The molecule has 4 amide bonds. The Morgan fingerprint density at radius 1 is 1.04 bits per heavy atom. The predicted molar refractivity (Wildman–Crippen MR) is 163 cm³/mol. The Morgan fingerprint density at radius 3 is 2.53 bits per heavy atom. The van der Waals surface area contributed by atoms with Crippen LogP contribution in [0, 0.1) is 24.5 Å². The first-order valence-corrected chi connectivity index (χ1v) is 15.3. The van der Waals surface area contributed by atoms with E-state index in [9.17, 15) is 28.0 Å². The van der Waals surface area contributed by atoms with E-state index in [-0.39, 0.29) is 36.2 Å². The molecule has 0 radical (unpaired) electrons. The Labute approximate surface area is 260 Å². The summed E-state index contributed by atoms with van der Waals surface area (Å²) in [5.41, 5.74) is 1.83. The Kier molecular flexibility index (Phi) is 9.60. The van der Waals surface area contributed by atoms with Gasteiger partial charge in [0.25, 0.3) is 11.8 Å². The molecule has 238 valence electrons. The van der Waals surface area contributed by atoms with Crippen LogP contribution in [0.15, 0.2) is 42.5 Å². The number of carbonyl (C=O) groups excluding carboxylic acids is 4. The number of hydrogen-bond donors (Lipinski definition) is 3. The summed E-state index contributed by atoms with van der Waals surface area (Å²) in [7, 11) is 0. The highest BCUT2D eigenvalue weighted by Crippen LogP contribution is 2.24. The zero-order chi connectivity index (χ0) is 32.2. The maximum absolute atomic E-state index is 14.8. The Morgan fingerprint density at radius 2 is 1.80 bits per heavy atom. The first-order valence-electron chi connectivity index (χ1n) is 15.3. The number of hydrogen-bond acceptors (Lipinski definition) is 5. The molecule has 1 saturated heterocycles. The molecule has 12 heteroatoms. The zero-order valence-electron chi connectivity index (χ0n) is 25.7. The molecule has 2 atom stereocenters. The van der Waals surface area contributed by atoms with Gasteiger partial charge in [0.05, 0.1) is 12.1 Å². The van der Waals surface area contributed by atoms with Crippen LogP contribution in [0.25, 0.3) is 11.4 Å². The molecule has 2 aliphatic heterocycles. The Balaban J connectivity index is 1.45. The van der Waals surface area contributed by atoms with Gasteiger partial charge in [-0.1, -0.05) is 19.9 Å². The third-order valence-corrected chi connectivity index (χ3v) is 8.42. The molecule has 1 fully saturated rings. The normalized spacial score (nSPS) is 20.1. The molecular formula is C33H38F2N6O4. The van der Waals surface area contributed by atoms with E-state index in [0.29, 0.717) is 55.9 Å². The molecule has 3 aromatic rings. The molecule has 0 unspecified atom stereocenters. The van der Waals surface area contributed by atoms with Crippen LogP contribution in [0.2, 0.25) is 0 Å². The maximum atomic E-state index is 14.8. The number of rotatable bonds is 3. The molecule has 10 nitrogen and oxygen atoms in total. The number of aromatic amines is 1. The van der Waals surface area contributed by atoms with Crippen LogP contribution in [-0.4, -0.2) is 81.7 Å². The minimum Gasteiger partial charge on any atom is -0.355 e. The van der Waals surface area contributed by atoms with Crippen molar-refractivity contribution in [2.75, 3.05) is 26.2 Å². The molecule has 5 rings (SSSR count). The summed E-state index contributed by atoms with van der Waals surface area (Å²) in [6.45, 7) is 5.83.